The van der Waals surface area contributed by atoms with E-state index in [4.69, 9.17) is 15.3 Å². The van der Waals surface area contributed by atoms with Crippen molar-refractivity contribution in [1.82, 2.24) is 20.0 Å². The SMILES string of the molecule is CC(C)(C)OC(=O)Nc1nc(C(=N)C(=O)N[C@@H]2C(=O)N[C@@H]2CO)ns1. The number of hydrogen-bond donors (Lipinski definition) is 5. The van der Waals surface area contributed by atoms with Crippen molar-refractivity contribution in [3.63, 3.8) is 0 Å². The van der Waals surface area contributed by atoms with Crippen LogP contribution in [0.4, 0.5) is 9.93 Å². The third-order valence-electron chi connectivity index (χ3n) is 2.98. The summed E-state index contributed by atoms with van der Waals surface area (Å²) in [4.78, 5) is 38.8. The van der Waals surface area contributed by atoms with Crippen LogP contribution in [0.15, 0.2) is 0 Å². The van der Waals surface area contributed by atoms with Gasteiger partial charge in [-0.2, -0.15) is 9.36 Å². The predicted molar refractivity (Wildman–Crippen MR) is 87.5 cm³/mol. The molecule has 1 aromatic rings. The number of anilines is 1. The lowest BCUT2D eigenvalue weighted by Crippen LogP contribution is -2.70. The molecule has 1 aromatic heterocycles. The lowest BCUT2D eigenvalue weighted by Gasteiger charge is -2.35. The average Bonchev–Trinajstić information content (AvgIpc) is 2.95. The third kappa shape index (κ3) is 4.70. The van der Waals surface area contributed by atoms with Crippen LogP contribution in [0.3, 0.4) is 0 Å². The van der Waals surface area contributed by atoms with Crippen LogP contribution in [0.25, 0.3) is 0 Å². The molecule has 5 N–H and O–H groups in total. The Hall–Kier alpha value is -2.60. The van der Waals surface area contributed by atoms with Crippen molar-refractivity contribution in [2.24, 2.45) is 0 Å². The molecule has 0 aromatic carbocycles. The van der Waals surface area contributed by atoms with Gasteiger partial charge < -0.3 is 20.5 Å². The van der Waals surface area contributed by atoms with Crippen LogP contribution in [0.2, 0.25) is 0 Å². The molecule has 3 amide bonds. The molecule has 1 fully saturated rings. The van der Waals surface area contributed by atoms with Gasteiger partial charge in [0, 0.05) is 11.5 Å². The van der Waals surface area contributed by atoms with Crippen LogP contribution in [-0.4, -0.2) is 62.4 Å². The number of nitrogens with one attached hydrogen (secondary N) is 4. The summed E-state index contributed by atoms with van der Waals surface area (Å²) in [6, 6.07) is -1.49. The van der Waals surface area contributed by atoms with Crippen LogP contribution in [0.1, 0.15) is 26.6 Å². The molecule has 11 nitrogen and oxygen atoms in total. The first-order valence-corrected chi connectivity index (χ1v) is 8.03. The van der Waals surface area contributed by atoms with Crippen LogP contribution in [0, 0.1) is 5.41 Å². The van der Waals surface area contributed by atoms with E-state index in [1.54, 1.807) is 20.8 Å². The molecule has 0 bridgehead atoms. The molecule has 2 rings (SSSR count). The first kappa shape index (κ1) is 18.7. The number of aliphatic hydroxyl groups excluding tert-OH is 1. The first-order valence-electron chi connectivity index (χ1n) is 7.25. The number of amides is 3. The summed E-state index contributed by atoms with van der Waals surface area (Å²) in [5.41, 5.74) is -1.25. The fourth-order valence-electron chi connectivity index (χ4n) is 1.84. The average molecular weight is 370 g/mol. The maximum Gasteiger partial charge on any atom is 0.414 e. The number of nitrogens with zero attached hydrogens (tertiary/aromatic N) is 2. The third-order valence-corrected chi connectivity index (χ3v) is 3.61. The monoisotopic (exact) mass is 370 g/mol. The Kier molecular flexibility index (Phi) is 5.33. The van der Waals surface area contributed by atoms with Crippen LogP contribution < -0.4 is 16.0 Å². The van der Waals surface area contributed by atoms with Gasteiger partial charge in [0.1, 0.15) is 11.6 Å². The minimum absolute atomic E-state index is 0.0661. The molecule has 0 unspecified atom stereocenters. The molecular formula is C13H18N6O5S. The van der Waals surface area contributed by atoms with Gasteiger partial charge in [0.05, 0.1) is 12.6 Å². The zero-order valence-corrected chi connectivity index (χ0v) is 14.6. The molecule has 25 heavy (non-hydrogen) atoms. The quantitative estimate of drug-likeness (QED) is 0.335. The second-order valence-corrected chi connectivity index (χ2v) is 6.93. The van der Waals surface area contributed by atoms with Crippen molar-refractivity contribution in [2.75, 3.05) is 11.9 Å². The number of aromatic nitrogens is 2. The van der Waals surface area contributed by atoms with Crippen LogP contribution in [-0.2, 0) is 14.3 Å². The zero-order chi connectivity index (χ0) is 18.8. The molecule has 1 saturated heterocycles. The van der Waals surface area contributed by atoms with Crippen molar-refractivity contribution in [2.45, 2.75) is 38.5 Å². The van der Waals surface area contributed by atoms with Gasteiger partial charge >= 0.3 is 6.09 Å². The van der Waals surface area contributed by atoms with Gasteiger partial charge in [0.2, 0.25) is 11.0 Å². The number of β-lactam (4-membered cyclic amide) rings is 1. The Labute approximate surface area is 146 Å². The fraction of sp³-hybridized carbons (Fsp3) is 0.538. The summed E-state index contributed by atoms with van der Waals surface area (Å²) < 4.78 is 8.88. The minimum Gasteiger partial charge on any atom is -0.444 e. The standard InChI is InChI=1S/C13H18N6O5S/c1-13(2,3)24-12(23)18-11-17-8(19-25-11)6(14)9(21)16-7-5(4-20)15-10(7)22/h5,7,14,20H,4H2,1-3H3,(H,15,22)(H,16,21)(H,17,18,19,23)/t5-,7+/m1/s1. The molecule has 0 radical (unpaired) electrons. The van der Waals surface area contributed by atoms with Crippen LogP contribution >= 0.6 is 11.5 Å². The molecule has 2 atom stereocenters. The van der Waals surface area contributed by atoms with Crippen LogP contribution in [0.5, 0.6) is 0 Å². The van der Waals surface area contributed by atoms with E-state index in [1.807, 2.05) is 0 Å². The number of hydrogen-bond acceptors (Lipinski definition) is 9. The molecule has 0 aliphatic carbocycles. The predicted octanol–water partition coefficient (Wildman–Crippen LogP) is -0.772. The second-order valence-electron chi connectivity index (χ2n) is 6.17. The summed E-state index contributed by atoms with van der Waals surface area (Å²) in [5, 5.41) is 24.0. The number of ether oxygens (including phenoxy) is 1. The highest BCUT2D eigenvalue weighted by atomic mass is 32.1. The molecule has 136 valence electrons. The highest BCUT2D eigenvalue weighted by Crippen LogP contribution is 2.14. The van der Waals surface area contributed by atoms with Gasteiger partial charge in [0.25, 0.3) is 5.91 Å². The normalized spacial score (nSPS) is 19.4. The molecule has 0 saturated carbocycles. The van der Waals surface area contributed by atoms with Gasteiger partial charge in [-0.1, -0.05) is 0 Å². The lowest BCUT2D eigenvalue weighted by molar-refractivity contribution is -0.135. The highest BCUT2D eigenvalue weighted by Gasteiger charge is 2.40. The van der Waals surface area contributed by atoms with Crippen molar-refractivity contribution in [1.29, 1.82) is 5.41 Å². The largest absolute Gasteiger partial charge is 0.444 e. The van der Waals surface area contributed by atoms with Crippen molar-refractivity contribution in [3.8, 4) is 0 Å². The lowest BCUT2D eigenvalue weighted by atomic mass is 9.99. The molecular weight excluding hydrogens is 352 g/mol. The van der Waals surface area contributed by atoms with E-state index >= 15 is 0 Å². The summed E-state index contributed by atoms with van der Waals surface area (Å²) in [7, 11) is 0. The number of carbonyl (C=O) groups is 3. The van der Waals surface area contributed by atoms with E-state index in [0.29, 0.717) is 0 Å². The minimum atomic E-state index is -0.907. The smallest absolute Gasteiger partial charge is 0.414 e. The Morgan fingerprint density at radius 3 is 2.68 bits per heavy atom. The van der Waals surface area contributed by atoms with E-state index < -0.39 is 41.3 Å². The molecule has 0 spiro atoms. The summed E-state index contributed by atoms with van der Waals surface area (Å²) in [5.74, 6) is -1.51. The van der Waals surface area contributed by atoms with Gasteiger partial charge in [-0.3, -0.25) is 20.3 Å². The van der Waals surface area contributed by atoms with Crippen molar-refractivity contribution < 1.29 is 24.2 Å². The van der Waals surface area contributed by atoms with E-state index in [0.717, 1.165) is 11.5 Å². The Morgan fingerprint density at radius 2 is 2.12 bits per heavy atom. The van der Waals surface area contributed by atoms with Gasteiger partial charge in [0.15, 0.2) is 11.5 Å². The van der Waals surface area contributed by atoms with Gasteiger partial charge in [-0.15, -0.1) is 0 Å². The number of aliphatic hydroxyl groups is 1. The van der Waals surface area contributed by atoms with E-state index in [9.17, 15) is 14.4 Å². The Morgan fingerprint density at radius 1 is 1.44 bits per heavy atom. The number of carbonyl (C=O) groups excluding carboxylic acids is 3. The van der Waals surface area contributed by atoms with E-state index in [1.165, 1.54) is 0 Å². The summed E-state index contributed by atoms with van der Waals surface area (Å²) >= 11 is 0.781. The summed E-state index contributed by atoms with van der Waals surface area (Å²) in [6.45, 7) is 4.78. The van der Waals surface area contributed by atoms with Gasteiger partial charge in [-0.05, 0) is 20.8 Å². The first-order chi connectivity index (χ1) is 11.6. The zero-order valence-electron chi connectivity index (χ0n) is 13.7. The molecule has 12 heteroatoms. The molecule has 1 aliphatic heterocycles. The van der Waals surface area contributed by atoms with E-state index in [2.05, 4.69) is 25.3 Å². The second kappa shape index (κ2) is 7.11. The Balaban J connectivity index is 1.94. The summed E-state index contributed by atoms with van der Waals surface area (Å²) in [6.07, 6.45) is -0.733. The molecule has 1 aliphatic rings. The topological polar surface area (TPSA) is 166 Å². The molecule has 2 heterocycles. The maximum absolute atomic E-state index is 12.0. The highest BCUT2D eigenvalue weighted by molar-refractivity contribution is 7.10. The fourth-order valence-corrected chi connectivity index (χ4v) is 2.40. The number of rotatable bonds is 5. The van der Waals surface area contributed by atoms with Gasteiger partial charge in [-0.25, -0.2) is 4.79 Å². The van der Waals surface area contributed by atoms with Crippen molar-refractivity contribution >= 4 is 40.3 Å². The maximum atomic E-state index is 12.0. The van der Waals surface area contributed by atoms with Crippen molar-refractivity contribution in [3.05, 3.63) is 5.82 Å². The Bertz CT molecular complexity index is 712. The van der Waals surface area contributed by atoms with E-state index in [-0.39, 0.29) is 17.6 Å².